The standard InChI is InChI=1S/C31H40ClNO4SSi2/c1-24-29(39(5,6)25-16-10-7-11-17-25)28(33(30(24)34)38(32,35)36)22-23-37-40(31(2,3)4,26-18-12-8-13-19-26)27-20-14-9-15-21-27/h7-21,24,28-29H,22-23H2,1-6H3/t24-,28+,29-/m0/s1. The van der Waals surface area contributed by atoms with Crippen molar-refractivity contribution in [2.75, 3.05) is 6.61 Å². The van der Waals surface area contributed by atoms with Gasteiger partial charge in [0.2, 0.25) is 5.91 Å². The molecule has 4 rings (SSSR count). The van der Waals surface area contributed by atoms with Gasteiger partial charge in [-0.3, -0.25) is 4.79 Å². The molecule has 1 saturated heterocycles. The van der Waals surface area contributed by atoms with E-state index >= 15 is 0 Å². The number of benzene rings is 3. The van der Waals surface area contributed by atoms with Gasteiger partial charge in [-0.2, -0.15) is 8.42 Å². The molecule has 40 heavy (non-hydrogen) atoms. The van der Waals surface area contributed by atoms with Gasteiger partial charge in [-0.05, 0) is 27.4 Å². The van der Waals surface area contributed by atoms with Crippen molar-refractivity contribution in [2.24, 2.45) is 5.92 Å². The number of halogens is 1. The van der Waals surface area contributed by atoms with E-state index in [1.165, 1.54) is 5.19 Å². The van der Waals surface area contributed by atoms with E-state index in [0.29, 0.717) is 13.0 Å². The fourth-order valence-electron chi connectivity index (χ4n) is 6.82. The van der Waals surface area contributed by atoms with Crippen LogP contribution in [0.5, 0.6) is 0 Å². The van der Waals surface area contributed by atoms with Gasteiger partial charge in [0.25, 0.3) is 8.32 Å². The summed E-state index contributed by atoms with van der Waals surface area (Å²) >= 11 is 0. The van der Waals surface area contributed by atoms with E-state index in [1.54, 1.807) is 0 Å². The van der Waals surface area contributed by atoms with Crippen molar-refractivity contribution in [1.82, 2.24) is 4.31 Å². The number of carbonyl (C=O) groups is 1. The van der Waals surface area contributed by atoms with Crippen molar-refractivity contribution in [1.29, 1.82) is 0 Å². The van der Waals surface area contributed by atoms with Gasteiger partial charge in [0, 0.05) is 23.2 Å². The summed E-state index contributed by atoms with van der Waals surface area (Å²) in [6.45, 7) is 13.2. The molecule has 0 unspecified atom stereocenters. The molecule has 214 valence electrons. The Bertz CT molecular complexity index is 1370. The molecule has 0 radical (unpaired) electrons. The molecular weight excluding hydrogens is 574 g/mol. The van der Waals surface area contributed by atoms with Crippen LogP contribution in [0.4, 0.5) is 0 Å². The molecule has 3 aromatic rings. The summed E-state index contributed by atoms with van der Waals surface area (Å²) in [5, 5.41) is 3.28. The predicted molar refractivity (Wildman–Crippen MR) is 170 cm³/mol. The van der Waals surface area contributed by atoms with E-state index in [4.69, 9.17) is 15.1 Å². The van der Waals surface area contributed by atoms with Crippen LogP contribution in [-0.2, 0) is 18.5 Å². The van der Waals surface area contributed by atoms with Crippen molar-refractivity contribution in [2.45, 2.75) is 63.8 Å². The molecule has 3 atom stereocenters. The van der Waals surface area contributed by atoms with E-state index < -0.39 is 43.5 Å². The topological polar surface area (TPSA) is 63.7 Å². The first-order valence-electron chi connectivity index (χ1n) is 13.8. The maximum absolute atomic E-state index is 13.5. The Balaban J connectivity index is 1.76. The minimum atomic E-state index is -4.27. The van der Waals surface area contributed by atoms with Crippen LogP contribution in [0.2, 0.25) is 23.7 Å². The highest BCUT2D eigenvalue weighted by Gasteiger charge is 2.57. The lowest BCUT2D eigenvalue weighted by atomic mass is 10.0. The molecule has 5 nitrogen and oxygen atoms in total. The Morgan fingerprint density at radius 2 is 1.25 bits per heavy atom. The van der Waals surface area contributed by atoms with E-state index in [9.17, 15) is 13.2 Å². The van der Waals surface area contributed by atoms with E-state index in [1.807, 2.05) is 61.5 Å². The average Bonchev–Trinajstić information content (AvgIpc) is 3.17. The normalized spacial score (nSPS) is 20.6. The Kier molecular flexibility index (Phi) is 8.88. The molecule has 0 N–H and O–H groups in total. The van der Waals surface area contributed by atoms with E-state index in [2.05, 4.69) is 70.3 Å². The summed E-state index contributed by atoms with van der Waals surface area (Å²) in [6.07, 6.45) is 0.375. The summed E-state index contributed by atoms with van der Waals surface area (Å²) in [5.74, 6) is -0.889. The zero-order valence-corrected chi connectivity index (χ0v) is 27.7. The maximum atomic E-state index is 13.5. The van der Waals surface area contributed by atoms with Gasteiger partial charge in [-0.25, -0.2) is 4.31 Å². The SMILES string of the molecule is C[C@@H]1C(=O)N(S(=O)(=O)Cl)[C@H](CCO[Si](c2ccccc2)(c2ccccc2)C(C)(C)C)[C@H]1[Si](C)(C)c1ccccc1. The summed E-state index contributed by atoms with van der Waals surface area (Å²) in [5.41, 5.74) is -0.154. The first-order valence-corrected chi connectivity index (χ1v) is 21.1. The zero-order chi connectivity index (χ0) is 29.3. The summed E-state index contributed by atoms with van der Waals surface area (Å²) < 4.78 is 33.7. The molecule has 3 aromatic carbocycles. The van der Waals surface area contributed by atoms with Crippen LogP contribution in [0, 0.1) is 5.92 Å². The van der Waals surface area contributed by atoms with Gasteiger partial charge in [0.05, 0.1) is 14.1 Å². The number of amides is 1. The van der Waals surface area contributed by atoms with Crippen molar-refractivity contribution in [3.8, 4) is 0 Å². The van der Waals surface area contributed by atoms with Crippen LogP contribution in [0.25, 0.3) is 0 Å². The van der Waals surface area contributed by atoms with Crippen LogP contribution in [0.3, 0.4) is 0 Å². The second-order valence-corrected chi connectivity index (χ2v) is 23.7. The minimum Gasteiger partial charge on any atom is -0.407 e. The average molecular weight is 614 g/mol. The Labute approximate surface area is 246 Å². The summed E-state index contributed by atoms with van der Waals surface area (Å²) in [7, 11) is -3.48. The molecule has 1 aliphatic rings. The molecule has 0 aromatic heterocycles. The maximum Gasteiger partial charge on any atom is 0.324 e. The highest BCUT2D eigenvalue weighted by molar-refractivity contribution is 8.12. The third-order valence-corrected chi connectivity index (χ3v) is 19.4. The lowest BCUT2D eigenvalue weighted by Gasteiger charge is -2.43. The van der Waals surface area contributed by atoms with Crippen LogP contribution in [0.15, 0.2) is 91.0 Å². The molecule has 1 fully saturated rings. The fourth-order valence-corrected chi connectivity index (χ4v) is 17.1. The van der Waals surface area contributed by atoms with E-state index in [-0.39, 0.29) is 10.6 Å². The predicted octanol–water partition coefficient (Wildman–Crippen LogP) is 5.27. The minimum absolute atomic E-state index is 0.154. The third-order valence-electron chi connectivity index (χ3n) is 8.60. The Morgan fingerprint density at radius 3 is 1.65 bits per heavy atom. The number of hydrogen-bond acceptors (Lipinski definition) is 4. The first kappa shape index (κ1) is 30.7. The monoisotopic (exact) mass is 613 g/mol. The van der Waals surface area contributed by atoms with Crippen LogP contribution in [-0.4, -0.2) is 47.7 Å². The molecule has 9 heteroatoms. The molecule has 1 heterocycles. The quantitative estimate of drug-likeness (QED) is 0.244. The Morgan fingerprint density at radius 1 is 0.825 bits per heavy atom. The molecule has 1 aliphatic heterocycles. The van der Waals surface area contributed by atoms with Crippen molar-refractivity contribution in [3.05, 3.63) is 91.0 Å². The number of hydrogen-bond donors (Lipinski definition) is 0. The van der Waals surface area contributed by atoms with Gasteiger partial charge in [0.1, 0.15) is 0 Å². The van der Waals surface area contributed by atoms with Gasteiger partial charge in [-0.1, -0.05) is 137 Å². The van der Waals surface area contributed by atoms with Crippen LogP contribution in [0.1, 0.15) is 34.1 Å². The molecule has 0 bridgehead atoms. The van der Waals surface area contributed by atoms with E-state index in [0.717, 1.165) is 14.7 Å². The first-order chi connectivity index (χ1) is 18.7. The number of carbonyl (C=O) groups excluding carboxylic acids is 1. The lowest BCUT2D eigenvalue weighted by molar-refractivity contribution is -0.127. The van der Waals surface area contributed by atoms with Crippen LogP contribution >= 0.6 is 10.7 Å². The third kappa shape index (κ3) is 5.61. The van der Waals surface area contributed by atoms with Crippen molar-refractivity contribution >= 4 is 57.8 Å². The highest BCUT2D eigenvalue weighted by atomic mass is 35.7. The molecule has 1 amide bonds. The largest absolute Gasteiger partial charge is 0.407 e. The fraction of sp³-hybridized carbons (Fsp3) is 0.387. The van der Waals surface area contributed by atoms with Crippen molar-refractivity contribution < 1.29 is 17.6 Å². The zero-order valence-electron chi connectivity index (χ0n) is 24.2. The Hall–Kier alpha value is -2.24. The van der Waals surface area contributed by atoms with Gasteiger partial charge in [-0.15, -0.1) is 0 Å². The second kappa shape index (κ2) is 11.6. The molecule has 0 saturated carbocycles. The lowest BCUT2D eigenvalue weighted by Crippen LogP contribution is -2.66. The van der Waals surface area contributed by atoms with Crippen LogP contribution < -0.4 is 15.6 Å². The molecular formula is C31H40ClNO4SSi2. The van der Waals surface area contributed by atoms with Gasteiger partial charge >= 0.3 is 9.24 Å². The molecule has 0 aliphatic carbocycles. The van der Waals surface area contributed by atoms with Gasteiger partial charge in [0.15, 0.2) is 0 Å². The number of rotatable bonds is 9. The van der Waals surface area contributed by atoms with Gasteiger partial charge < -0.3 is 4.43 Å². The molecule has 0 spiro atoms. The second-order valence-electron chi connectivity index (χ2n) is 12.3. The summed E-state index contributed by atoms with van der Waals surface area (Å²) in [4.78, 5) is 13.5. The van der Waals surface area contributed by atoms with Crippen molar-refractivity contribution in [3.63, 3.8) is 0 Å². The highest BCUT2D eigenvalue weighted by Crippen LogP contribution is 2.46. The number of nitrogens with zero attached hydrogens (tertiary/aromatic N) is 1. The summed E-state index contributed by atoms with van der Waals surface area (Å²) in [6, 6.07) is 30.3. The smallest absolute Gasteiger partial charge is 0.324 e.